The quantitative estimate of drug-likeness (QED) is 0.877. The van der Waals surface area contributed by atoms with Crippen LogP contribution in [0.2, 0.25) is 0 Å². The van der Waals surface area contributed by atoms with Gasteiger partial charge in [-0.25, -0.2) is 4.98 Å². The molecule has 0 bridgehead atoms. The summed E-state index contributed by atoms with van der Waals surface area (Å²) < 4.78 is 10.7. The third-order valence-corrected chi connectivity index (χ3v) is 5.44. The maximum Gasteiger partial charge on any atom is 0.231 e. The van der Waals surface area contributed by atoms with Crippen LogP contribution in [-0.4, -0.2) is 36.3 Å². The van der Waals surface area contributed by atoms with Gasteiger partial charge in [-0.3, -0.25) is 4.79 Å². The summed E-state index contributed by atoms with van der Waals surface area (Å²) in [6, 6.07) is 6.50. The van der Waals surface area contributed by atoms with Crippen molar-refractivity contribution in [1.82, 2.24) is 15.6 Å². The second-order valence-corrected chi connectivity index (χ2v) is 7.39. The highest BCUT2D eigenvalue weighted by Gasteiger charge is 2.20. The molecule has 0 spiro atoms. The van der Waals surface area contributed by atoms with Crippen molar-refractivity contribution in [2.75, 3.05) is 13.3 Å². The number of carbonyl (C=O) groups excluding carboxylic acids is 1. The number of benzene rings is 1. The molecule has 0 saturated carbocycles. The van der Waals surface area contributed by atoms with Crippen LogP contribution in [-0.2, 0) is 11.2 Å². The lowest BCUT2D eigenvalue weighted by atomic mass is 10.0. The van der Waals surface area contributed by atoms with E-state index in [4.69, 9.17) is 9.47 Å². The average molecular weight is 359 g/mol. The molecular weight excluding hydrogens is 338 g/mol. The summed E-state index contributed by atoms with van der Waals surface area (Å²) in [5.41, 5.74) is 1.78. The number of carbonyl (C=O) groups is 1. The van der Waals surface area contributed by atoms with E-state index in [0.717, 1.165) is 47.2 Å². The van der Waals surface area contributed by atoms with Crippen LogP contribution in [0.4, 0.5) is 0 Å². The Morgan fingerprint density at radius 1 is 1.40 bits per heavy atom. The minimum absolute atomic E-state index is 0.0432. The zero-order valence-electron chi connectivity index (χ0n) is 14.1. The second kappa shape index (κ2) is 7.01. The van der Waals surface area contributed by atoms with Gasteiger partial charge in [0.2, 0.25) is 12.7 Å². The minimum Gasteiger partial charge on any atom is -0.454 e. The first-order valence-corrected chi connectivity index (χ1v) is 9.42. The van der Waals surface area contributed by atoms with Crippen molar-refractivity contribution in [3.05, 3.63) is 29.3 Å². The fourth-order valence-corrected chi connectivity index (χ4v) is 4.07. The maximum absolute atomic E-state index is 12.3. The Morgan fingerprint density at radius 2 is 2.28 bits per heavy atom. The van der Waals surface area contributed by atoms with Gasteiger partial charge in [0.05, 0.1) is 12.1 Å². The highest BCUT2D eigenvalue weighted by molar-refractivity contribution is 7.13. The molecule has 1 aromatic heterocycles. The molecule has 1 amide bonds. The van der Waals surface area contributed by atoms with Crippen LogP contribution >= 0.6 is 11.3 Å². The van der Waals surface area contributed by atoms with Crippen LogP contribution < -0.4 is 20.1 Å². The summed E-state index contributed by atoms with van der Waals surface area (Å²) in [6.45, 7) is 3.37. The van der Waals surface area contributed by atoms with E-state index in [1.165, 1.54) is 11.3 Å². The molecule has 4 rings (SSSR count). The fraction of sp³-hybridized carbons (Fsp3) is 0.444. The number of aromatic nitrogens is 1. The molecule has 7 heteroatoms. The zero-order valence-corrected chi connectivity index (χ0v) is 14.9. The largest absolute Gasteiger partial charge is 0.454 e. The van der Waals surface area contributed by atoms with Crippen LogP contribution in [0, 0.1) is 0 Å². The van der Waals surface area contributed by atoms with Crippen LogP contribution in [0.1, 0.15) is 25.5 Å². The van der Waals surface area contributed by atoms with Crippen molar-refractivity contribution in [2.24, 2.45) is 0 Å². The Hall–Kier alpha value is -2.12. The van der Waals surface area contributed by atoms with Crippen molar-refractivity contribution in [2.45, 2.75) is 38.3 Å². The molecule has 1 saturated heterocycles. The lowest BCUT2D eigenvalue weighted by molar-refractivity contribution is -0.121. The lowest BCUT2D eigenvalue weighted by Gasteiger charge is -2.28. The van der Waals surface area contributed by atoms with Crippen molar-refractivity contribution < 1.29 is 14.3 Å². The number of fused-ring (bicyclic) bond motifs is 1. The van der Waals surface area contributed by atoms with Crippen molar-refractivity contribution in [3.63, 3.8) is 0 Å². The van der Waals surface area contributed by atoms with Gasteiger partial charge in [-0.15, -0.1) is 11.3 Å². The molecule has 1 aromatic carbocycles. The average Bonchev–Trinajstić information content (AvgIpc) is 3.23. The predicted octanol–water partition coefficient (Wildman–Crippen LogP) is 2.34. The van der Waals surface area contributed by atoms with Crippen LogP contribution in [0.5, 0.6) is 11.5 Å². The number of nitrogens with one attached hydrogen (secondary N) is 2. The fourth-order valence-electron chi connectivity index (χ4n) is 3.26. The van der Waals surface area contributed by atoms with Gasteiger partial charge in [0.15, 0.2) is 11.5 Å². The number of amides is 1. The molecular formula is C18H21N3O3S. The Kier molecular flexibility index (Phi) is 4.59. The molecule has 2 atom stereocenters. The predicted molar refractivity (Wildman–Crippen MR) is 96.0 cm³/mol. The Bertz CT molecular complexity index is 777. The van der Waals surface area contributed by atoms with E-state index in [1.54, 1.807) is 0 Å². The highest BCUT2D eigenvalue weighted by Crippen LogP contribution is 2.36. The summed E-state index contributed by atoms with van der Waals surface area (Å²) in [4.78, 5) is 16.9. The molecule has 2 aliphatic rings. The van der Waals surface area contributed by atoms with Gasteiger partial charge in [-0.05, 0) is 44.5 Å². The third-order valence-electron chi connectivity index (χ3n) is 4.50. The molecule has 0 aliphatic carbocycles. The number of nitrogens with zero attached hydrogens (tertiary/aromatic N) is 1. The molecule has 2 unspecified atom stereocenters. The van der Waals surface area contributed by atoms with Gasteiger partial charge in [-0.2, -0.15) is 0 Å². The molecule has 132 valence electrons. The Morgan fingerprint density at radius 3 is 3.16 bits per heavy atom. The SMILES string of the molecule is CC1CC(NC(=O)Cc2csc(-c3ccc4c(c3)OCO4)n2)CCN1. The number of rotatable bonds is 4. The van der Waals surface area contributed by atoms with Gasteiger partial charge in [-0.1, -0.05) is 0 Å². The van der Waals surface area contributed by atoms with Gasteiger partial charge in [0.1, 0.15) is 5.01 Å². The lowest BCUT2D eigenvalue weighted by Crippen LogP contribution is -2.46. The summed E-state index contributed by atoms with van der Waals surface area (Å²) in [7, 11) is 0. The second-order valence-electron chi connectivity index (χ2n) is 6.53. The van der Waals surface area contributed by atoms with Gasteiger partial charge in [0, 0.05) is 23.0 Å². The topological polar surface area (TPSA) is 72.5 Å². The monoisotopic (exact) mass is 359 g/mol. The summed E-state index contributed by atoms with van der Waals surface area (Å²) >= 11 is 1.54. The van der Waals surface area contributed by atoms with Crippen molar-refractivity contribution >= 4 is 17.2 Å². The molecule has 2 aromatic rings. The third kappa shape index (κ3) is 3.77. The smallest absolute Gasteiger partial charge is 0.231 e. The molecule has 0 radical (unpaired) electrons. The van der Waals surface area contributed by atoms with E-state index >= 15 is 0 Å². The van der Waals surface area contributed by atoms with Crippen molar-refractivity contribution in [1.29, 1.82) is 0 Å². The first-order chi connectivity index (χ1) is 12.2. The Balaban J connectivity index is 1.38. The van der Waals surface area contributed by atoms with Gasteiger partial charge >= 0.3 is 0 Å². The Labute approximate surface area is 150 Å². The number of ether oxygens (including phenoxy) is 2. The molecule has 1 fully saturated rings. The number of hydrogen-bond donors (Lipinski definition) is 2. The summed E-state index contributed by atoms with van der Waals surface area (Å²) in [5, 5.41) is 9.36. The van der Waals surface area contributed by atoms with E-state index in [1.807, 2.05) is 23.6 Å². The summed E-state index contributed by atoms with van der Waals surface area (Å²) in [5.74, 6) is 1.55. The summed E-state index contributed by atoms with van der Waals surface area (Å²) in [6.07, 6.45) is 2.28. The van der Waals surface area contributed by atoms with Crippen LogP contribution in [0.15, 0.2) is 23.6 Å². The normalized spacial score (nSPS) is 22.0. The molecule has 2 aliphatic heterocycles. The van der Waals surface area contributed by atoms with E-state index in [9.17, 15) is 4.79 Å². The molecule has 2 N–H and O–H groups in total. The van der Waals surface area contributed by atoms with Gasteiger partial charge in [0.25, 0.3) is 0 Å². The number of hydrogen-bond acceptors (Lipinski definition) is 6. The van der Waals surface area contributed by atoms with E-state index in [2.05, 4.69) is 22.5 Å². The zero-order chi connectivity index (χ0) is 17.2. The number of thiazole rings is 1. The van der Waals surface area contributed by atoms with E-state index < -0.39 is 0 Å². The van der Waals surface area contributed by atoms with Crippen LogP contribution in [0.3, 0.4) is 0 Å². The first-order valence-electron chi connectivity index (χ1n) is 8.54. The van der Waals surface area contributed by atoms with E-state index in [-0.39, 0.29) is 18.7 Å². The minimum atomic E-state index is 0.0432. The molecule has 3 heterocycles. The molecule has 6 nitrogen and oxygen atoms in total. The van der Waals surface area contributed by atoms with E-state index in [0.29, 0.717) is 12.5 Å². The van der Waals surface area contributed by atoms with Gasteiger partial charge < -0.3 is 20.1 Å². The first kappa shape index (κ1) is 16.4. The standard InChI is InChI=1S/C18H21N3O3S/c1-11-6-13(4-5-19-11)20-17(22)8-14-9-25-18(21-14)12-2-3-15-16(7-12)24-10-23-15/h2-3,7,9,11,13,19H,4-6,8,10H2,1H3,(H,20,22). The maximum atomic E-state index is 12.3. The molecule has 25 heavy (non-hydrogen) atoms. The van der Waals surface area contributed by atoms with Crippen molar-refractivity contribution in [3.8, 4) is 22.1 Å². The highest BCUT2D eigenvalue weighted by atomic mass is 32.1. The van der Waals surface area contributed by atoms with Crippen LogP contribution in [0.25, 0.3) is 10.6 Å². The number of piperidine rings is 1.